The number of nitrogens with zero attached hydrogens (tertiary/aromatic N) is 1. The number of anilines is 1. The van der Waals surface area contributed by atoms with E-state index in [1.807, 2.05) is 0 Å². The summed E-state index contributed by atoms with van der Waals surface area (Å²) in [5.41, 5.74) is 0.524. The molecule has 0 spiro atoms. The molecule has 1 N–H and O–H groups in total. The molecule has 32 heavy (non-hydrogen) atoms. The lowest BCUT2D eigenvalue weighted by atomic mass is 10.1. The van der Waals surface area contributed by atoms with E-state index in [1.165, 1.54) is 61.0 Å². The van der Waals surface area contributed by atoms with Gasteiger partial charge in [0.1, 0.15) is 0 Å². The Bertz CT molecular complexity index is 1090. The molecule has 9 nitrogen and oxygen atoms in total. The Morgan fingerprint density at radius 1 is 0.812 bits per heavy atom. The van der Waals surface area contributed by atoms with Gasteiger partial charge >= 0.3 is 11.9 Å². The molecule has 1 aliphatic rings. The summed E-state index contributed by atoms with van der Waals surface area (Å²) in [6.45, 7) is 0.979. The van der Waals surface area contributed by atoms with Gasteiger partial charge in [0.15, 0.2) is 0 Å². The van der Waals surface area contributed by atoms with Crippen LogP contribution < -0.4 is 5.32 Å². The summed E-state index contributed by atoms with van der Waals surface area (Å²) >= 11 is 0. The normalized spacial score (nSPS) is 14.4. The minimum atomic E-state index is -3.60. The SMILES string of the molecule is COC(=O)c1cc(NC(=O)c2ccc(S(=O)(=O)N3CCCCC3)cc2)cc(C(=O)OC)c1. The largest absolute Gasteiger partial charge is 0.465 e. The molecule has 1 amide bonds. The number of hydrogen-bond acceptors (Lipinski definition) is 7. The van der Waals surface area contributed by atoms with Crippen molar-refractivity contribution in [2.45, 2.75) is 24.2 Å². The van der Waals surface area contributed by atoms with Gasteiger partial charge in [0.2, 0.25) is 10.0 Å². The van der Waals surface area contributed by atoms with Crippen molar-refractivity contribution in [1.29, 1.82) is 0 Å². The molecule has 0 unspecified atom stereocenters. The molecule has 2 aromatic carbocycles. The standard InChI is InChI=1S/C22H24N2O7S/c1-30-21(26)16-12-17(22(27)31-2)14-18(13-16)23-20(25)15-6-8-19(9-7-15)32(28,29)24-10-4-3-5-11-24/h6-9,12-14H,3-5,10-11H2,1-2H3,(H,23,25). The van der Waals surface area contributed by atoms with E-state index in [9.17, 15) is 22.8 Å². The Labute approximate surface area is 186 Å². The van der Waals surface area contributed by atoms with E-state index >= 15 is 0 Å². The van der Waals surface area contributed by atoms with Crippen LogP contribution in [0.3, 0.4) is 0 Å². The second-order valence-corrected chi connectivity index (χ2v) is 9.16. The van der Waals surface area contributed by atoms with Crippen LogP contribution in [0.15, 0.2) is 47.4 Å². The van der Waals surface area contributed by atoms with Crippen molar-refractivity contribution >= 4 is 33.6 Å². The zero-order valence-corrected chi connectivity index (χ0v) is 18.6. The monoisotopic (exact) mass is 460 g/mol. The molecule has 0 aromatic heterocycles. The van der Waals surface area contributed by atoms with Gasteiger partial charge in [0, 0.05) is 24.3 Å². The summed E-state index contributed by atoms with van der Waals surface area (Å²) in [5.74, 6) is -1.90. The highest BCUT2D eigenvalue weighted by Gasteiger charge is 2.26. The topological polar surface area (TPSA) is 119 Å². The van der Waals surface area contributed by atoms with E-state index in [0.29, 0.717) is 13.1 Å². The predicted molar refractivity (Wildman–Crippen MR) is 116 cm³/mol. The molecule has 0 radical (unpaired) electrons. The quantitative estimate of drug-likeness (QED) is 0.658. The summed E-state index contributed by atoms with van der Waals surface area (Å²) in [6, 6.07) is 9.65. The Morgan fingerprint density at radius 2 is 1.34 bits per heavy atom. The van der Waals surface area contributed by atoms with Crippen LogP contribution in [0, 0.1) is 0 Å². The zero-order chi connectivity index (χ0) is 23.3. The highest BCUT2D eigenvalue weighted by Crippen LogP contribution is 2.22. The van der Waals surface area contributed by atoms with Gasteiger partial charge < -0.3 is 14.8 Å². The molecular weight excluding hydrogens is 436 g/mol. The van der Waals surface area contributed by atoms with E-state index in [2.05, 4.69) is 14.8 Å². The smallest absolute Gasteiger partial charge is 0.337 e. The lowest BCUT2D eigenvalue weighted by Gasteiger charge is -2.25. The number of esters is 2. The van der Waals surface area contributed by atoms with Crippen molar-refractivity contribution in [1.82, 2.24) is 4.31 Å². The number of ether oxygens (including phenoxy) is 2. The molecule has 1 fully saturated rings. The highest BCUT2D eigenvalue weighted by atomic mass is 32.2. The maximum Gasteiger partial charge on any atom is 0.337 e. The zero-order valence-electron chi connectivity index (χ0n) is 17.8. The first-order valence-corrected chi connectivity index (χ1v) is 11.4. The van der Waals surface area contributed by atoms with Gasteiger partial charge in [0.05, 0.1) is 30.2 Å². The minimum Gasteiger partial charge on any atom is -0.465 e. The predicted octanol–water partition coefficient (Wildman–Crippen LogP) is 2.69. The number of rotatable bonds is 6. The summed E-state index contributed by atoms with van der Waals surface area (Å²) in [7, 11) is -1.20. The van der Waals surface area contributed by atoms with Gasteiger partial charge in [-0.3, -0.25) is 4.79 Å². The Hall–Kier alpha value is -3.24. The van der Waals surface area contributed by atoms with E-state index in [4.69, 9.17) is 0 Å². The summed E-state index contributed by atoms with van der Waals surface area (Å²) in [4.78, 5) is 36.6. The van der Waals surface area contributed by atoms with Crippen molar-refractivity contribution in [2.24, 2.45) is 0 Å². The number of sulfonamides is 1. The number of carbonyl (C=O) groups excluding carboxylic acids is 3. The molecule has 1 aliphatic heterocycles. The maximum atomic E-state index is 12.8. The molecule has 1 saturated heterocycles. The minimum absolute atomic E-state index is 0.0636. The molecule has 1 heterocycles. The second kappa shape index (κ2) is 9.92. The van der Waals surface area contributed by atoms with E-state index in [1.54, 1.807) is 0 Å². The number of amides is 1. The first-order chi connectivity index (χ1) is 15.3. The Morgan fingerprint density at radius 3 is 1.84 bits per heavy atom. The molecule has 170 valence electrons. The summed E-state index contributed by atoms with van der Waals surface area (Å²) < 4.78 is 36.3. The van der Waals surface area contributed by atoms with Crippen molar-refractivity contribution < 1.29 is 32.3 Å². The fourth-order valence-corrected chi connectivity index (χ4v) is 4.92. The molecule has 0 saturated carbocycles. The van der Waals surface area contributed by atoms with Gasteiger partial charge in [-0.25, -0.2) is 18.0 Å². The maximum absolute atomic E-state index is 12.8. The number of methoxy groups -OCH3 is 2. The molecule has 2 aromatic rings. The molecule has 0 bridgehead atoms. The average Bonchev–Trinajstić information content (AvgIpc) is 2.83. The van der Waals surface area contributed by atoms with Gasteiger partial charge in [-0.2, -0.15) is 4.31 Å². The van der Waals surface area contributed by atoms with Crippen LogP contribution in [0.1, 0.15) is 50.3 Å². The molecular formula is C22H24N2O7S. The highest BCUT2D eigenvalue weighted by molar-refractivity contribution is 7.89. The van der Waals surface area contributed by atoms with Crippen molar-refractivity contribution in [3.63, 3.8) is 0 Å². The van der Waals surface area contributed by atoms with Crippen LogP contribution in [0.5, 0.6) is 0 Å². The third kappa shape index (κ3) is 5.14. The fourth-order valence-electron chi connectivity index (χ4n) is 3.41. The average molecular weight is 461 g/mol. The van der Waals surface area contributed by atoms with Crippen LogP contribution >= 0.6 is 0 Å². The Kier molecular flexibility index (Phi) is 7.26. The summed E-state index contributed by atoms with van der Waals surface area (Å²) in [6.07, 6.45) is 2.68. The van der Waals surface area contributed by atoms with Crippen LogP contribution in [0.2, 0.25) is 0 Å². The second-order valence-electron chi connectivity index (χ2n) is 7.23. The lowest BCUT2D eigenvalue weighted by Crippen LogP contribution is -2.35. The lowest BCUT2D eigenvalue weighted by molar-refractivity contribution is 0.0598. The number of carbonyl (C=O) groups is 3. The van der Waals surface area contributed by atoms with Crippen LogP contribution in [0.4, 0.5) is 5.69 Å². The van der Waals surface area contributed by atoms with Gasteiger partial charge in [0.25, 0.3) is 5.91 Å². The van der Waals surface area contributed by atoms with Crippen molar-refractivity contribution in [2.75, 3.05) is 32.6 Å². The van der Waals surface area contributed by atoms with Crippen LogP contribution in [0.25, 0.3) is 0 Å². The first kappa shape index (κ1) is 23.4. The van der Waals surface area contributed by atoms with Gasteiger partial charge in [-0.1, -0.05) is 6.42 Å². The van der Waals surface area contributed by atoms with E-state index in [0.717, 1.165) is 19.3 Å². The van der Waals surface area contributed by atoms with Crippen LogP contribution in [-0.4, -0.2) is 57.9 Å². The number of piperidine rings is 1. The molecule has 0 atom stereocenters. The third-order valence-electron chi connectivity index (χ3n) is 5.10. The molecule has 10 heteroatoms. The molecule has 0 aliphatic carbocycles. The van der Waals surface area contributed by atoms with Gasteiger partial charge in [-0.15, -0.1) is 0 Å². The van der Waals surface area contributed by atoms with Crippen LogP contribution in [-0.2, 0) is 19.5 Å². The van der Waals surface area contributed by atoms with E-state index in [-0.39, 0.29) is 27.3 Å². The Balaban J connectivity index is 1.81. The number of benzene rings is 2. The number of hydrogen-bond donors (Lipinski definition) is 1. The van der Waals surface area contributed by atoms with E-state index < -0.39 is 27.9 Å². The third-order valence-corrected chi connectivity index (χ3v) is 7.02. The van der Waals surface area contributed by atoms with Crippen molar-refractivity contribution in [3.8, 4) is 0 Å². The van der Waals surface area contributed by atoms with Crippen molar-refractivity contribution in [3.05, 3.63) is 59.2 Å². The number of nitrogens with one attached hydrogen (secondary N) is 1. The fraction of sp³-hybridized carbons (Fsp3) is 0.318. The first-order valence-electron chi connectivity index (χ1n) is 9.99. The molecule has 3 rings (SSSR count). The van der Waals surface area contributed by atoms with Gasteiger partial charge in [-0.05, 0) is 55.3 Å². The summed E-state index contributed by atoms with van der Waals surface area (Å²) in [5, 5.41) is 2.60.